The molecule has 0 amide bonds. The van der Waals surface area contributed by atoms with Crippen LogP contribution in [-0.4, -0.2) is 26.6 Å². The molecule has 90 valence electrons. The average molecular weight is 240 g/mol. The standard InChI is InChI=1S/C12H20O3Si/c1-16(2,3)9-8-14-10-15-12-7-5-4-6-11(12)13/h4-7,13H,8-10H2,1-3H3. The minimum Gasteiger partial charge on any atom is -0.504 e. The fourth-order valence-electron chi connectivity index (χ4n) is 1.12. The Morgan fingerprint density at radius 1 is 1.19 bits per heavy atom. The molecule has 1 N–H and O–H groups in total. The Bertz CT molecular complexity index is 320. The van der Waals surface area contributed by atoms with Crippen LogP contribution in [0.25, 0.3) is 0 Å². The van der Waals surface area contributed by atoms with E-state index in [0.29, 0.717) is 5.75 Å². The number of benzene rings is 1. The fraction of sp³-hybridized carbons (Fsp3) is 0.500. The van der Waals surface area contributed by atoms with Gasteiger partial charge >= 0.3 is 0 Å². The molecule has 0 aliphatic carbocycles. The summed E-state index contributed by atoms with van der Waals surface area (Å²) in [6, 6.07) is 8.01. The third kappa shape index (κ3) is 5.18. The number of ether oxygens (including phenoxy) is 2. The molecule has 0 radical (unpaired) electrons. The third-order valence-corrected chi connectivity index (χ3v) is 3.86. The highest BCUT2D eigenvalue weighted by Crippen LogP contribution is 2.24. The summed E-state index contributed by atoms with van der Waals surface area (Å²) in [6.07, 6.45) is 0. The molecular weight excluding hydrogens is 220 g/mol. The molecule has 0 aromatic heterocycles. The lowest BCUT2D eigenvalue weighted by molar-refractivity contribution is 0.0206. The van der Waals surface area contributed by atoms with E-state index in [1.807, 2.05) is 6.07 Å². The lowest BCUT2D eigenvalue weighted by atomic mass is 10.3. The van der Waals surface area contributed by atoms with E-state index < -0.39 is 8.07 Å². The van der Waals surface area contributed by atoms with Gasteiger partial charge < -0.3 is 14.6 Å². The summed E-state index contributed by atoms with van der Waals surface area (Å²) in [4.78, 5) is 0. The minimum atomic E-state index is -1.03. The van der Waals surface area contributed by atoms with Crippen LogP contribution in [0.3, 0.4) is 0 Å². The summed E-state index contributed by atoms with van der Waals surface area (Å²) < 4.78 is 10.7. The van der Waals surface area contributed by atoms with Crippen LogP contribution in [0.4, 0.5) is 0 Å². The van der Waals surface area contributed by atoms with Crippen LogP contribution in [0.1, 0.15) is 0 Å². The van der Waals surface area contributed by atoms with Crippen molar-refractivity contribution in [3.05, 3.63) is 24.3 Å². The molecule has 0 heterocycles. The molecule has 4 heteroatoms. The number of para-hydroxylation sites is 2. The first-order valence-electron chi connectivity index (χ1n) is 5.47. The van der Waals surface area contributed by atoms with Crippen molar-refractivity contribution in [3.63, 3.8) is 0 Å². The van der Waals surface area contributed by atoms with E-state index in [-0.39, 0.29) is 12.5 Å². The Hall–Kier alpha value is -1.00. The first-order valence-corrected chi connectivity index (χ1v) is 9.18. The summed E-state index contributed by atoms with van der Waals surface area (Å²) in [6.45, 7) is 7.84. The zero-order chi connectivity index (χ0) is 12.0. The van der Waals surface area contributed by atoms with Gasteiger partial charge in [-0.15, -0.1) is 0 Å². The zero-order valence-corrected chi connectivity index (χ0v) is 11.2. The topological polar surface area (TPSA) is 38.7 Å². The van der Waals surface area contributed by atoms with Crippen molar-refractivity contribution >= 4 is 8.07 Å². The van der Waals surface area contributed by atoms with Gasteiger partial charge in [0.25, 0.3) is 0 Å². The van der Waals surface area contributed by atoms with E-state index in [1.54, 1.807) is 18.2 Å². The summed E-state index contributed by atoms with van der Waals surface area (Å²) >= 11 is 0. The Labute approximate surface area is 98.0 Å². The second kappa shape index (κ2) is 5.91. The van der Waals surface area contributed by atoms with Gasteiger partial charge in [0.2, 0.25) is 0 Å². The first kappa shape index (κ1) is 13.1. The van der Waals surface area contributed by atoms with Gasteiger partial charge in [0.05, 0.1) is 0 Å². The van der Waals surface area contributed by atoms with E-state index in [0.717, 1.165) is 12.7 Å². The van der Waals surface area contributed by atoms with E-state index in [4.69, 9.17) is 9.47 Å². The first-order chi connectivity index (χ1) is 7.49. The Morgan fingerprint density at radius 3 is 2.50 bits per heavy atom. The zero-order valence-electron chi connectivity index (χ0n) is 10.2. The number of hydrogen-bond acceptors (Lipinski definition) is 3. The highest BCUT2D eigenvalue weighted by atomic mass is 28.3. The highest BCUT2D eigenvalue weighted by molar-refractivity contribution is 6.76. The van der Waals surface area contributed by atoms with Gasteiger partial charge in [-0.2, -0.15) is 0 Å². The fourth-order valence-corrected chi connectivity index (χ4v) is 1.88. The van der Waals surface area contributed by atoms with Gasteiger partial charge in [0.15, 0.2) is 18.3 Å². The molecule has 0 fully saturated rings. The van der Waals surface area contributed by atoms with Crippen molar-refractivity contribution < 1.29 is 14.6 Å². The molecule has 1 rings (SSSR count). The summed E-state index contributed by atoms with van der Waals surface area (Å²) in [7, 11) is -1.03. The molecule has 0 unspecified atom stereocenters. The molecule has 0 aliphatic rings. The van der Waals surface area contributed by atoms with E-state index in [9.17, 15) is 5.11 Å². The van der Waals surface area contributed by atoms with Crippen molar-refractivity contribution in [2.75, 3.05) is 13.4 Å². The molecule has 0 aliphatic heterocycles. The van der Waals surface area contributed by atoms with Crippen LogP contribution in [0.5, 0.6) is 11.5 Å². The molecule has 16 heavy (non-hydrogen) atoms. The summed E-state index contributed by atoms with van der Waals surface area (Å²) in [5, 5.41) is 9.42. The van der Waals surface area contributed by atoms with Crippen LogP contribution in [0, 0.1) is 0 Å². The van der Waals surface area contributed by atoms with Gasteiger partial charge in [-0.25, -0.2) is 0 Å². The SMILES string of the molecule is C[Si](C)(C)CCOCOc1ccccc1O. The van der Waals surface area contributed by atoms with E-state index in [2.05, 4.69) is 19.6 Å². The van der Waals surface area contributed by atoms with Crippen molar-refractivity contribution in [2.45, 2.75) is 25.7 Å². The molecule has 0 saturated carbocycles. The molecule has 0 bridgehead atoms. The summed E-state index contributed by atoms with van der Waals surface area (Å²) in [5.41, 5.74) is 0. The van der Waals surface area contributed by atoms with Gasteiger partial charge in [0, 0.05) is 14.7 Å². The monoisotopic (exact) mass is 240 g/mol. The number of rotatable bonds is 6. The van der Waals surface area contributed by atoms with Crippen molar-refractivity contribution in [3.8, 4) is 11.5 Å². The normalized spacial score (nSPS) is 11.4. The third-order valence-electron chi connectivity index (χ3n) is 2.16. The second-order valence-corrected chi connectivity index (χ2v) is 10.6. The average Bonchev–Trinajstić information content (AvgIpc) is 2.18. The molecule has 1 aromatic rings. The highest BCUT2D eigenvalue weighted by Gasteiger charge is 2.12. The molecular formula is C12H20O3Si. The Balaban J connectivity index is 2.19. The van der Waals surface area contributed by atoms with Gasteiger partial charge in [-0.3, -0.25) is 0 Å². The number of phenolic OH excluding ortho intramolecular Hbond substituents is 1. The minimum absolute atomic E-state index is 0.149. The quantitative estimate of drug-likeness (QED) is 0.472. The Morgan fingerprint density at radius 2 is 1.88 bits per heavy atom. The molecule has 0 saturated heterocycles. The van der Waals surface area contributed by atoms with Crippen LogP contribution in [0.15, 0.2) is 24.3 Å². The van der Waals surface area contributed by atoms with Crippen molar-refractivity contribution in [1.29, 1.82) is 0 Å². The van der Waals surface area contributed by atoms with Crippen molar-refractivity contribution in [2.24, 2.45) is 0 Å². The lowest BCUT2D eigenvalue weighted by Gasteiger charge is -2.15. The Kier molecular flexibility index (Phi) is 4.83. The lowest BCUT2D eigenvalue weighted by Crippen LogP contribution is -2.22. The summed E-state index contributed by atoms with van der Waals surface area (Å²) in [5.74, 6) is 0.617. The van der Waals surface area contributed by atoms with E-state index in [1.165, 1.54) is 0 Å². The predicted octanol–water partition coefficient (Wildman–Crippen LogP) is 3.08. The predicted molar refractivity (Wildman–Crippen MR) is 67.7 cm³/mol. The number of phenols is 1. The van der Waals surface area contributed by atoms with Gasteiger partial charge in [-0.1, -0.05) is 31.8 Å². The van der Waals surface area contributed by atoms with Crippen LogP contribution >= 0.6 is 0 Å². The maximum atomic E-state index is 9.42. The number of aromatic hydroxyl groups is 1. The molecule has 1 aromatic carbocycles. The van der Waals surface area contributed by atoms with Crippen LogP contribution in [0.2, 0.25) is 25.7 Å². The van der Waals surface area contributed by atoms with Crippen LogP contribution < -0.4 is 4.74 Å². The largest absolute Gasteiger partial charge is 0.504 e. The van der Waals surface area contributed by atoms with Crippen molar-refractivity contribution in [1.82, 2.24) is 0 Å². The molecule has 3 nitrogen and oxygen atoms in total. The maximum absolute atomic E-state index is 9.42. The van der Waals surface area contributed by atoms with Gasteiger partial charge in [0.1, 0.15) is 0 Å². The molecule has 0 spiro atoms. The van der Waals surface area contributed by atoms with Gasteiger partial charge in [-0.05, 0) is 18.2 Å². The van der Waals surface area contributed by atoms with E-state index >= 15 is 0 Å². The second-order valence-electron chi connectivity index (χ2n) is 4.95. The number of hydrogen-bond donors (Lipinski definition) is 1. The smallest absolute Gasteiger partial charge is 0.189 e. The van der Waals surface area contributed by atoms with Crippen LogP contribution in [-0.2, 0) is 4.74 Å². The molecule has 0 atom stereocenters. The maximum Gasteiger partial charge on any atom is 0.189 e.